The largest absolute Gasteiger partial charge is 0.416 e. The molecule has 0 saturated heterocycles. The molecule has 0 fully saturated rings. The Bertz CT molecular complexity index is 1470. The first-order valence-electron chi connectivity index (χ1n) is 9.80. The van der Waals surface area contributed by atoms with Crippen molar-refractivity contribution in [1.82, 2.24) is 14.5 Å². The minimum Gasteiger partial charge on any atom is -0.322 e. The Morgan fingerprint density at radius 2 is 1.79 bits per heavy atom. The van der Waals surface area contributed by atoms with Gasteiger partial charge in [-0.25, -0.2) is 9.78 Å². The molecular weight excluding hydrogens is 437 g/mol. The van der Waals surface area contributed by atoms with Crippen molar-refractivity contribution >= 4 is 22.6 Å². The molecule has 4 aromatic rings. The number of aromatic nitrogens is 3. The van der Waals surface area contributed by atoms with Gasteiger partial charge in [0.25, 0.3) is 11.5 Å². The van der Waals surface area contributed by atoms with Gasteiger partial charge in [-0.05, 0) is 36.8 Å². The molecule has 0 aliphatic carbocycles. The van der Waals surface area contributed by atoms with Crippen LogP contribution in [0.3, 0.4) is 0 Å². The average Bonchev–Trinajstić information content (AvgIpc) is 2.76. The molecule has 0 unspecified atom stereocenters. The predicted octanol–water partition coefficient (Wildman–Crippen LogP) is 3.71. The molecule has 0 saturated carbocycles. The number of halogens is 3. The van der Waals surface area contributed by atoms with Crippen molar-refractivity contribution in [3.63, 3.8) is 0 Å². The normalized spacial score (nSPS) is 11.5. The van der Waals surface area contributed by atoms with Crippen molar-refractivity contribution in [2.24, 2.45) is 0 Å². The summed E-state index contributed by atoms with van der Waals surface area (Å²) in [6.07, 6.45) is -4.56. The molecule has 7 nitrogen and oxygen atoms in total. The van der Waals surface area contributed by atoms with Crippen LogP contribution >= 0.6 is 0 Å². The van der Waals surface area contributed by atoms with Gasteiger partial charge in [0.1, 0.15) is 5.65 Å². The Labute approximate surface area is 184 Å². The fourth-order valence-electron chi connectivity index (χ4n) is 3.41. The Balaban J connectivity index is 1.74. The van der Waals surface area contributed by atoms with E-state index in [1.807, 2.05) is 30.3 Å². The smallest absolute Gasteiger partial charge is 0.322 e. The standard InChI is InChI=1S/C23H17F3N4O3/c1-13-17(20(31)28-16-9-5-8-15(10-16)23(24,25)26)11-18-19(27-13)30(22(33)29-21(18)32)12-14-6-3-2-4-7-14/h2-11H,12H2,1H3,(H,28,31)(H,29,32,33). The molecule has 0 aliphatic rings. The van der Waals surface area contributed by atoms with Crippen LogP contribution in [0.4, 0.5) is 18.9 Å². The van der Waals surface area contributed by atoms with Crippen molar-refractivity contribution < 1.29 is 18.0 Å². The minimum absolute atomic E-state index is 0.00433. The zero-order valence-corrected chi connectivity index (χ0v) is 17.2. The number of H-pyrrole nitrogens is 1. The van der Waals surface area contributed by atoms with Gasteiger partial charge in [0, 0.05) is 5.69 Å². The van der Waals surface area contributed by atoms with Gasteiger partial charge in [-0.15, -0.1) is 0 Å². The van der Waals surface area contributed by atoms with Gasteiger partial charge >= 0.3 is 11.9 Å². The molecule has 0 atom stereocenters. The van der Waals surface area contributed by atoms with Crippen LogP contribution in [0.2, 0.25) is 0 Å². The number of rotatable bonds is 4. The molecule has 2 aromatic heterocycles. The summed E-state index contributed by atoms with van der Waals surface area (Å²) in [5, 5.41) is 2.41. The van der Waals surface area contributed by atoms with Crippen molar-refractivity contribution in [1.29, 1.82) is 0 Å². The quantitative estimate of drug-likeness (QED) is 0.491. The van der Waals surface area contributed by atoms with Crippen LogP contribution in [0.1, 0.15) is 27.2 Å². The lowest BCUT2D eigenvalue weighted by Crippen LogP contribution is -2.32. The molecule has 168 valence electrons. The van der Waals surface area contributed by atoms with E-state index >= 15 is 0 Å². The van der Waals surface area contributed by atoms with Crippen LogP contribution < -0.4 is 16.6 Å². The number of pyridine rings is 1. The molecule has 33 heavy (non-hydrogen) atoms. The second-order valence-corrected chi connectivity index (χ2v) is 7.36. The van der Waals surface area contributed by atoms with E-state index in [1.54, 1.807) is 0 Å². The highest BCUT2D eigenvalue weighted by Gasteiger charge is 2.30. The molecule has 1 amide bonds. The van der Waals surface area contributed by atoms with E-state index in [-0.39, 0.29) is 34.5 Å². The van der Waals surface area contributed by atoms with Crippen molar-refractivity contribution in [2.75, 3.05) is 5.32 Å². The first-order valence-corrected chi connectivity index (χ1v) is 9.80. The third-order valence-corrected chi connectivity index (χ3v) is 5.03. The maximum Gasteiger partial charge on any atom is 0.416 e. The minimum atomic E-state index is -4.56. The van der Waals surface area contributed by atoms with Crippen molar-refractivity contribution in [3.8, 4) is 0 Å². The molecular formula is C23H17F3N4O3. The molecule has 2 heterocycles. The summed E-state index contributed by atoms with van der Waals surface area (Å²) in [5.41, 5.74) is -1.23. The highest BCUT2D eigenvalue weighted by Crippen LogP contribution is 2.30. The highest BCUT2D eigenvalue weighted by molar-refractivity contribution is 6.06. The van der Waals surface area contributed by atoms with Crippen LogP contribution in [0.25, 0.3) is 11.0 Å². The Kier molecular flexibility index (Phi) is 5.59. The number of nitrogens with one attached hydrogen (secondary N) is 2. The van der Waals surface area contributed by atoms with Gasteiger partial charge in [0.2, 0.25) is 0 Å². The summed E-state index contributed by atoms with van der Waals surface area (Å²) >= 11 is 0. The lowest BCUT2D eigenvalue weighted by molar-refractivity contribution is -0.137. The third-order valence-electron chi connectivity index (χ3n) is 5.03. The maximum absolute atomic E-state index is 12.9. The van der Waals surface area contributed by atoms with Crippen molar-refractivity contribution in [3.05, 3.63) is 104 Å². The van der Waals surface area contributed by atoms with Crippen LogP contribution in [-0.4, -0.2) is 20.4 Å². The zero-order chi connectivity index (χ0) is 23.8. The number of alkyl halides is 3. The number of aromatic amines is 1. The number of amides is 1. The average molecular weight is 454 g/mol. The molecule has 2 N–H and O–H groups in total. The molecule has 0 spiro atoms. The van der Waals surface area contributed by atoms with Gasteiger partial charge < -0.3 is 5.32 Å². The number of benzene rings is 2. The molecule has 4 rings (SSSR count). The van der Waals surface area contributed by atoms with Gasteiger partial charge in [-0.1, -0.05) is 36.4 Å². The highest BCUT2D eigenvalue weighted by atomic mass is 19.4. The van der Waals surface area contributed by atoms with Crippen LogP contribution in [0.15, 0.2) is 70.3 Å². The summed E-state index contributed by atoms with van der Waals surface area (Å²) in [7, 11) is 0. The van der Waals surface area contributed by atoms with Crippen LogP contribution in [-0.2, 0) is 12.7 Å². The Morgan fingerprint density at radius 1 is 1.06 bits per heavy atom. The number of hydrogen-bond donors (Lipinski definition) is 2. The van der Waals surface area contributed by atoms with E-state index in [2.05, 4.69) is 15.3 Å². The SMILES string of the molecule is Cc1nc2c(cc1C(=O)Nc1cccc(C(F)(F)F)c1)c(=O)[nH]c(=O)n2Cc1ccccc1. The Hall–Kier alpha value is -4.21. The zero-order valence-electron chi connectivity index (χ0n) is 17.2. The molecule has 2 aromatic carbocycles. The number of fused-ring (bicyclic) bond motifs is 1. The fraction of sp³-hybridized carbons (Fsp3) is 0.130. The summed E-state index contributed by atoms with van der Waals surface area (Å²) in [5.74, 6) is -0.735. The molecule has 0 bridgehead atoms. The molecule has 0 aliphatic heterocycles. The Morgan fingerprint density at radius 3 is 2.48 bits per heavy atom. The maximum atomic E-state index is 12.9. The summed E-state index contributed by atoms with van der Waals surface area (Å²) < 4.78 is 40.1. The van der Waals surface area contributed by atoms with E-state index < -0.39 is 28.9 Å². The van der Waals surface area contributed by atoms with E-state index in [4.69, 9.17) is 0 Å². The topological polar surface area (TPSA) is 96.8 Å². The number of carbonyl (C=O) groups is 1. The third kappa shape index (κ3) is 4.54. The lowest BCUT2D eigenvalue weighted by atomic mass is 10.1. The second-order valence-electron chi connectivity index (χ2n) is 7.36. The van der Waals surface area contributed by atoms with Gasteiger partial charge in [0.15, 0.2) is 0 Å². The monoisotopic (exact) mass is 454 g/mol. The second kappa shape index (κ2) is 8.38. The number of anilines is 1. The molecule has 0 radical (unpaired) electrons. The van der Waals surface area contributed by atoms with Gasteiger partial charge in [-0.3, -0.25) is 19.1 Å². The van der Waals surface area contributed by atoms with E-state index in [0.717, 1.165) is 17.7 Å². The van der Waals surface area contributed by atoms with E-state index in [0.29, 0.717) is 0 Å². The van der Waals surface area contributed by atoms with Gasteiger partial charge in [0.05, 0.1) is 28.8 Å². The first kappa shape index (κ1) is 22.0. The first-order chi connectivity index (χ1) is 15.6. The molecule has 10 heteroatoms. The summed E-state index contributed by atoms with van der Waals surface area (Å²) in [4.78, 5) is 44.2. The number of nitrogens with zero attached hydrogens (tertiary/aromatic N) is 2. The number of aryl methyl sites for hydroxylation is 1. The van der Waals surface area contributed by atoms with E-state index in [1.165, 1.54) is 29.7 Å². The number of carbonyl (C=O) groups excluding carboxylic acids is 1. The van der Waals surface area contributed by atoms with Crippen LogP contribution in [0.5, 0.6) is 0 Å². The predicted molar refractivity (Wildman–Crippen MR) is 116 cm³/mol. The van der Waals surface area contributed by atoms with Gasteiger partial charge in [-0.2, -0.15) is 13.2 Å². The van der Waals surface area contributed by atoms with Crippen LogP contribution in [0, 0.1) is 6.92 Å². The number of hydrogen-bond acceptors (Lipinski definition) is 4. The van der Waals surface area contributed by atoms with Crippen molar-refractivity contribution in [2.45, 2.75) is 19.6 Å². The van der Waals surface area contributed by atoms with E-state index in [9.17, 15) is 27.6 Å². The summed E-state index contributed by atoms with van der Waals surface area (Å²) in [6, 6.07) is 14.6. The fourth-order valence-corrected chi connectivity index (χ4v) is 3.41. The summed E-state index contributed by atoms with van der Waals surface area (Å²) in [6.45, 7) is 1.66. The lowest BCUT2D eigenvalue weighted by Gasteiger charge is -2.13.